The molecule has 0 N–H and O–H groups in total. The average Bonchev–Trinajstić information content (AvgIpc) is 2.44. The Morgan fingerprint density at radius 1 is 1.05 bits per heavy atom. The molecule has 7 heteroatoms. The molecule has 0 saturated carbocycles. The largest absolute Gasteiger partial charge is 0.496 e. The molecule has 0 aliphatic rings. The van der Waals surface area contributed by atoms with Crippen molar-refractivity contribution in [3.63, 3.8) is 0 Å². The zero-order valence-electron chi connectivity index (χ0n) is 11.2. The third-order valence-corrected chi connectivity index (χ3v) is 3.00. The van der Waals surface area contributed by atoms with Gasteiger partial charge in [0.05, 0.1) is 31.0 Å². The molecule has 112 valence electrons. The van der Waals surface area contributed by atoms with Crippen LogP contribution in [0.15, 0.2) is 30.3 Å². The van der Waals surface area contributed by atoms with Crippen LogP contribution < -0.4 is 9.47 Å². The highest BCUT2D eigenvalue weighted by Gasteiger charge is 2.32. The second-order valence-corrected chi connectivity index (χ2v) is 4.49. The summed E-state index contributed by atoms with van der Waals surface area (Å²) >= 11 is 5.70. The monoisotopic (exact) mass is 317 g/mol. The first kappa shape index (κ1) is 15.4. The van der Waals surface area contributed by atoms with Gasteiger partial charge in [-0.05, 0) is 24.3 Å². The second-order valence-electron chi connectivity index (χ2n) is 4.10. The van der Waals surface area contributed by atoms with E-state index in [9.17, 15) is 13.2 Å². The maximum Gasteiger partial charge on any atom is 0.416 e. The van der Waals surface area contributed by atoms with Crippen LogP contribution in [0.2, 0.25) is 5.15 Å². The van der Waals surface area contributed by atoms with E-state index in [1.807, 2.05) is 0 Å². The van der Waals surface area contributed by atoms with Crippen LogP contribution in [-0.2, 0) is 6.18 Å². The number of pyridine rings is 1. The number of hydrogen-bond donors (Lipinski definition) is 0. The maximum atomic E-state index is 12.9. The summed E-state index contributed by atoms with van der Waals surface area (Å²) in [5.41, 5.74) is -0.537. The second kappa shape index (κ2) is 5.81. The molecule has 0 bridgehead atoms. The van der Waals surface area contributed by atoms with Crippen LogP contribution in [0.4, 0.5) is 13.2 Å². The van der Waals surface area contributed by atoms with Crippen molar-refractivity contribution in [2.24, 2.45) is 0 Å². The lowest BCUT2D eigenvalue weighted by Crippen LogP contribution is -2.06. The number of aromatic nitrogens is 1. The van der Waals surface area contributed by atoms with Crippen molar-refractivity contribution in [1.29, 1.82) is 0 Å². The Labute approximate surface area is 124 Å². The van der Waals surface area contributed by atoms with Gasteiger partial charge in [-0.25, -0.2) is 4.98 Å². The lowest BCUT2D eigenvalue weighted by molar-refractivity contribution is -0.137. The van der Waals surface area contributed by atoms with E-state index in [4.69, 9.17) is 21.1 Å². The minimum Gasteiger partial charge on any atom is -0.496 e. The van der Waals surface area contributed by atoms with E-state index in [-0.39, 0.29) is 10.8 Å². The number of benzene rings is 1. The van der Waals surface area contributed by atoms with Gasteiger partial charge in [0.2, 0.25) is 0 Å². The van der Waals surface area contributed by atoms with Crippen LogP contribution in [-0.4, -0.2) is 19.2 Å². The van der Waals surface area contributed by atoms with Crippen LogP contribution in [0.1, 0.15) is 5.56 Å². The number of nitrogens with zero attached hydrogens (tertiary/aromatic N) is 1. The molecule has 1 heterocycles. The molecule has 0 amide bonds. The molecular formula is C14H11ClF3NO2. The summed E-state index contributed by atoms with van der Waals surface area (Å²) in [7, 11) is 2.82. The molecule has 2 aromatic rings. The molecule has 21 heavy (non-hydrogen) atoms. The smallest absolute Gasteiger partial charge is 0.416 e. The number of hydrogen-bond acceptors (Lipinski definition) is 3. The molecule has 0 atom stereocenters. The fourth-order valence-electron chi connectivity index (χ4n) is 1.89. The van der Waals surface area contributed by atoms with Crippen molar-refractivity contribution in [1.82, 2.24) is 4.98 Å². The van der Waals surface area contributed by atoms with Gasteiger partial charge in [-0.15, -0.1) is 0 Å². The molecule has 0 saturated heterocycles. The van der Waals surface area contributed by atoms with E-state index >= 15 is 0 Å². The zero-order chi connectivity index (χ0) is 15.6. The molecule has 1 aromatic heterocycles. The molecule has 1 aromatic carbocycles. The fraction of sp³-hybridized carbons (Fsp3) is 0.214. The average molecular weight is 318 g/mol. The van der Waals surface area contributed by atoms with Crippen molar-refractivity contribution in [2.75, 3.05) is 14.2 Å². The van der Waals surface area contributed by atoms with E-state index in [2.05, 4.69) is 4.98 Å². The summed E-state index contributed by atoms with van der Waals surface area (Å²) < 4.78 is 49.0. The molecule has 2 rings (SSSR count). The standard InChI is InChI=1S/C14H11ClF3NO2/c1-20-10-4-3-5-11(21-2)13(10)9-6-8(14(16,17)18)7-12(15)19-9/h3-7H,1-2H3. The van der Waals surface area contributed by atoms with Gasteiger partial charge < -0.3 is 9.47 Å². The minimum absolute atomic E-state index is 0.0316. The van der Waals surface area contributed by atoms with E-state index in [0.717, 1.165) is 12.1 Å². The summed E-state index contributed by atoms with van der Waals surface area (Å²) in [6.07, 6.45) is -4.52. The molecule has 0 radical (unpaired) electrons. The number of methoxy groups -OCH3 is 2. The van der Waals surface area contributed by atoms with Gasteiger partial charge >= 0.3 is 6.18 Å². The number of ether oxygens (including phenoxy) is 2. The lowest BCUT2D eigenvalue weighted by atomic mass is 10.1. The van der Waals surface area contributed by atoms with Crippen molar-refractivity contribution in [3.05, 3.63) is 41.0 Å². The normalized spacial score (nSPS) is 11.3. The molecule has 3 nitrogen and oxygen atoms in total. The van der Waals surface area contributed by atoms with E-state index < -0.39 is 11.7 Å². The highest BCUT2D eigenvalue weighted by molar-refractivity contribution is 6.29. The Kier molecular flexibility index (Phi) is 4.27. The number of halogens is 4. The first-order valence-corrected chi connectivity index (χ1v) is 6.20. The van der Waals surface area contributed by atoms with Gasteiger partial charge in [0.15, 0.2) is 0 Å². The molecule has 0 aliphatic carbocycles. The van der Waals surface area contributed by atoms with Gasteiger partial charge in [0.1, 0.15) is 16.7 Å². The summed E-state index contributed by atoms with van der Waals surface area (Å²) in [5, 5.41) is -0.257. The topological polar surface area (TPSA) is 31.4 Å². The van der Waals surface area contributed by atoms with Gasteiger partial charge in [-0.3, -0.25) is 0 Å². The third-order valence-electron chi connectivity index (χ3n) is 2.81. The predicted octanol–water partition coefficient (Wildman–Crippen LogP) is 4.44. The van der Waals surface area contributed by atoms with Gasteiger partial charge in [0.25, 0.3) is 0 Å². The van der Waals surface area contributed by atoms with Crippen molar-refractivity contribution in [3.8, 4) is 22.8 Å². The Morgan fingerprint density at radius 3 is 2.10 bits per heavy atom. The van der Waals surface area contributed by atoms with Crippen LogP contribution >= 0.6 is 11.6 Å². The molecule has 0 spiro atoms. The highest BCUT2D eigenvalue weighted by atomic mass is 35.5. The van der Waals surface area contributed by atoms with E-state index in [1.54, 1.807) is 18.2 Å². The highest BCUT2D eigenvalue weighted by Crippen LogP contribution is 2.40. The molecule has 0 aliphatic heterocycles. The summed E-state index contributed by atoms with van der Waals surface area (Å²) in [4.78, 5) is 3.94. The van der Waals surface area contributed by atoms with Crippen LogP contribution in [0, 0.1) is 0 Å². The quantitative estimate of drug-likeness (QED) is 0.784. The fourth-order valence-corrected chi connectivity index (χ4v) is 2.10. The molecule has 0 fully saturated rings. The van der Waals surface area contributed by atoms with Gasteiger partial charge in [0, 0.05) is 0 Å². The van der Waals surface area contributed by atoms with Crippen molar-refractivity contribution in [2.45, 2.75) is 6.18 Å². The first-order valence-electron chi connectivity index (χ1n) is 5.83. The lowest BCUT2D eigenvalue weighted by Gasteiger charge is -2.14. The Balaban J connectivity index is 2.70. The Hall–Kier alpha value is -1.95. The van der Waals surface area contributed by atoms with E-state index in [1.165, 1.54) is 14.2 Å². The maximum absolute atomic E-state index is 12.9. The number of rotatable bonds is 3. The van der Waals surface area contributed by atoms with E-state index in [0.29, 0.717) is 17.1 Å². The SMILES string of the molecule is COc1cccc(OC)c1-c1cc(C(F)(F)F)cc(Cl)n1. The molecule has 0 unspecified atom stereocenters. The first-order chi connectivity index (χ1) is 9.86. The predicted molar refractivity (Wildman–Crippen MR) is 72.8 cm³/mol. The third kappa shape index (κ3) is 3.21. The Bertz CT molecular complexity index is 637. The van der Waals surface area contributed by atoms with Crippen LogP contribution in [0.25, 0.3) is 11.3 Å². The van der Waals surface area contributed by atoms with Gasteiger partial charge in [-0.2, -0.15) is 13.2 Å². The van der Waals surface area contributed by atoms with Crippen LogP contribution in [0.5, 0.6) is 11.5 Å². The summed E-state index contributed by atoms with van der Waals surface area (Å²) in [6.45, 7) is 0. The van der Waals surface area contributed by atoms with Gasteiger partial charge in [-0.1, -0.05) is 17.7 Å². The summed E-state index contributed by atoms with van der Waals surface area (Å²) in [5.74, 6) is 0.689. The van der Waals surface area contributed by atoms with Crippen LogP contribution in [0.3, 0.4) is 0 Å². The molecular weight excluding hydrogens is 307 g/mol. The minimum atomic E-state index is -4.52. The van der Waals surface area contributed by atoms with Crippen molar-refractivity contribution < 1.29 is 22.6 Å². The Morgan fingerprint density at radius 2 is 1.62 bits per heavy atom. The van der Waals surface area contributed by atoms with Crippen molar-refractivity contribution >= 4 is 11.6 Å². The summed E-state index contributed by atoms with van der Waals surface area (Å²) in [6, 6.07) is 6.55. The number of alkyl halides is 3. The zero-order valence-corrected chi connectivity index (χ0v) is 11.9.